The fraction of sp³-hybridized carbons (Fsp3) is 0.556. The van der Waals surface area contributed by atoms with E-state index in [1.54, 1.807) is 6.07 Å². The molecule has 1 heterocycles. The van der Waals surface area contributed by atoms with Crippen LogP contribution in [-0.4, -0.2) is 35.1 Å². The van der Waals surface area contributed by atoms with Crippen LogP contribution >= 0.6 is 0 Å². The second-order valence-corrected chi connectivity index (χ2v) is 7.18. The van der Waals surface area contributed by atoms with Crippen LogP contribution in [-0.2, 0) is 19.7 Å². The lowest BCUT2D eigenvalue weighted by Gasteiger charge is -2.58. The molecular formula is C18H21NO5. The van der Waals surface area contributed by atoms with Gasteiger partial charge in [0.2, 0.25) is 0 Å². The predicted octanol–water partition coefficient (Wildman–Crippen LogP) is 1.42. The molecule has 0 bridgehead atoms. The number of fused-ring (bicyclic) bond motifs is 1. The van der Waals surface area contributed by atoms with Gasteiger partial charge in [0, 0.05) is 23.9 Å². The summed E-state index contributed by atoms with van der Waals surface area (Å²) in [6.45, 7) is 2.44. The number of para-hydroxylation sites is 1. The number of phenolic OH excluding ortho intramolecular Hbond substituents is 1. The van der Waals surface area contributed by atoms with Crippen LogP contribution in [0.1, 0.15) is 38.2 Å². The average molecular weight is 331 g/mol. The molecule has 1 aliphatic heterocycles. The topological polar surface area (TPSA) is 98.9 Å². The van der Waals surface area contributed by atoms with Crippen molar-refractivity contribution in [2.75, 3.05) is 0 Å². The van der Waals surface area contributed by atoms with Crippen molar-refractivity contribution in [1.29, 1.82) is 0 Å². The van der Waals surface area contributed by atoms with E-state index in [4.69, 9.17) is 15.2 Å². The van der Waals surface area contributed by atoms with Gasteiger partial charge < -0.3 is 20.3 Å². The largest absolute Gasteiger partial charge is 0.504 e. The molecule has 0 saturated heterocycles. The minimum absolute atomic E-state index is 0.00611. The molecule has 128 valence electrons. The lowest BCUT2D eigenvalue weighted by molar-refractivity contribution is -0.194. The molecule has 1 aromatic rings. The molecule has 2 aliphatic carbocycles. The van der Waals surface area contributed by atoms with Crippen LogP contribution in [0, 0.1) is 5.92 Å². The molecule has 2 saturated carbocycles. The molecule has 6 heteroatoms. The Labute approximate surface area is 139 Å². The summed E-state index contributed by atoms with van der Waals surface area (Å²) in [7, 11) is 0. The number of ketones is 1. The zero-order chi connectivity index (χ0) is 17.1. The zero-order valence-electron chi connectivity index (χ0n) is 13.5. The summed E-state index contributed by atoms with van der Waals surface area (Å²) in [5, 5.41) is 10.2. The highest BCUT2D eigenvalue weighted by molar-refractivity contribution is 5.89. The van der Waals surface area contributed by atoms with Gasteiger partial charge >= 0.3 is 0 Å². The first-order valence-corrected chi connectivity index (χ1v) is 8.37. The number of carbonyl (C=O) groups excluding carboxylic acids is 2. The number of carbonyl (C=O) groups is 2. The van der Waals surface area contributed by atoms with Gasteiger partial charge in [-0.3, -0.25) is 9.59 Å². The summed E-state index contributed by atoms with van der Waals surface area (Å²) in [5.41, 5.74) is 5.36. The Hall–Kier alpha value is -2.08. The van der Waals surface area contributed by atoms with Gasteiger partial charge in [-0.05, 0) is 25.3 Å². The number of phenols is 1. The van der Waals surface area contributed by atoms with Gasteiger partial charge in [0.1, 0.15) is 5.60 Å². The molecule has 1 aromatic carbocycles. The maximum absolute atomic E-state index is 12.7. The Kier molecular flexibility index (Phi) is 3.19. The SMILES string of the molecule is CC1C(N)CCC23c4cccc(O)c4OC2C(=O)CC[C@@]13OC=O. The molecule has 5 atom stereocenters. The number of Topliss-reactive ketones (excluding diaryl/α,β-unsaturated/α-hetero) is 1. The maximum atomic E-state index is 12.7. The van der Waals surface area contributed by atoms with E-state index < -0.39 is 17.1 Å². The number of hydrogen-bond acceptors (Lipinski definition) is 6. The van der Waals surface area contributed by atoms with E-state index in [9.17, 15) is 14.7 Å². The third kappa shape index (κ3) is 1.59. The summed E-state index contributed by atoms with van der Waals surface area (Å²) in [6.07, 6.45) is 1.23. The Morgan fingerprint density at radius 2 is 2.21 bits per heavy atom. The highest BCUT2D eigenvalue weighted by Crippen LogP contribution is 2.63. The minimum atomic E-state index is -0.899. The summed E-state index contributed by atoms with van der Waals surface area (Å²) < 4.78 is 11.7. The van der Waals surface area contributed by atoms with Crippen molar-refractivity contribution >= 4 is 12.3 Å². The molecule has 24 heavy (non-hydrogen) atoms. The second-order valence-electron chi connectivity index (χ2n) is 7.18. The van der Waals surface area contributed by atoms with Crippen LogP contribution in [0.2, 0.25) is 0 Å². The van der Waals surface area contributed by atoms with Crippen molar-refractivity contribution in [3.63, 3.8) is 0 Å². The van der Waals surface area contributed by atoms with Gasteiger partial charge in [-0.2, -0.15) is 0 Å². The number of hydrogen-bond donors (Lipinski definition) is 2. The van der Waals surface area contributed by atoms with Crippen LogP contribution in [0.25, 0.3) is 0 Å². The van der Waals surface area contributed by atoms with Crippen LogP contribution < -0.4 is 10.5 Å². The standard InChI is InChI=1S/C18H21NO5/c1-10-12(19)5-7-17-11-3-2-4-13(21)15(11)24-16(17)14(22)6-8-18(10,17)23-9-20/h2-4,9-10,12,16,21H,5-8,19H2,1H3/t10?,12?,16?,17?,18-/m1/s1. The van der Waals surface area contributed by atoms with E-state index >= 15 is 0 Å². The molecule has 0 aromatic heterocycles. The molecule has 2 fully saturated rings. The van der Waals surface area contributed by atoms with E-state index in [1.165, 1.54) is 6.07 Å². The molecule has 4 rings (SSSR count). The Morgan fingerprint density at radius 1 is 1.42 bits per heavy atom. The number of nitrogens with two attached hydrogens (primary N) is 1. The van der Waals surface area contributed by atoms with Gasteiger partial charge in [-0.15, -0.1) is 0 Å². The lowest BCUT2D eigenvalue weighted by Crippen LogP contribution is -2.71. The van der Waals surface area contributed by atoms with E-state index in [-0.39, 0.29) is 29.9 Å². The third-order valence-corrected chi connectivity index (χ3v) is 6.46. The average Bonchev–Trinajstić information content (AvgIpc) is 2.92. The highest BCUT2D eigenvalue weighted by Gasteiger charge is 2.71. The number of aromatic hydroxyl groups is 1. The van der Waals surface area contributed by atoms with Gasteiger partial charge in [-0.1, -0.05) is 19.1 Å². The molecule has 0 radical (unpaired) electrons. The minimum Gasteiger partial charge on any atom is -0.504 e. The lowest BCUT2D eigenvalue weighted by atomic mass is 9.49. The Balaban J connectivity index is 2.01. The van der Waals surface area contributed by atoms with Crippen molar-refractivity contribution in [3.8, 4) is 11.5 Å². The van der Waals surface area contributed by atoms with Crippen molar-refractivity contribution < 1.29 is 24.2 Å². The Morgan fingerprint density at radius 3 is 2.96 bits per heavy atom. The van der Waals surface area contributed by atoms with E-state index in [2.05, 4.69) is 0 Å². The monoisotopic (exact) mass is 331 g/mol. The summed E-state index contributed by atoms with van der Waals surface area (Å²) >= 11 is 0. The second kappa shape index (κ2) is 4.96. The fourth-order valence-corrected chi connectivity index (χ4v) is 5.27. The molecule has 6 nitrogen and oxygen atoms in total. The van der Waals surface area contributed by atoms with E-state index in [0.717, 1.165) is 5.56 Å². The third-order valence-electron chi connectivity index (χ3n) is 6.46. The van der Waals surface area contributed by atoms with Crippen molar-refractivity contribution in [3.05, 3.63) is 23.8 Å². The first-order valence-electron chi connectivity index (χ1n) is 8.37. The van der Waals surface area contributed by atoms with Crippen LogP contribution in [0.3, 0.4) is 0 Å². The van der Waals surface area contributed by atoms with Crippen molar-refractivity contribution in [1.82, 2.24) is 0 Å². The van der Waals surface area contributed by atoms with Crippen molar-refractivity contribution in [2.24, 2.45) is 11.7 Å². The van der Waals surface area contributed by atoms with E-state index in [0.29, 0.717) is 31.5 Å². The molecular weight excluding hydrogens is 310 g/mol. The van der Waals surface area contributed by atoms with Gasteiger partial charge in [0.15, 0.2) is 23.4 Å². The van der Waals surface area contributed by atoms with Gasteiger partial charge in [0.25, 0.3) is 6.47 Å². The first-order chi connectivity index (χ1) is 11.5. The molecule has 4 unspecified atom stereocenters. The van der Waals surface area contributed by atoms with Crippen LogP contribution in [0.4, 0.5) is 0 Å². The summed E-state index contributed by atoms with van der Waals surface area (Å²) in [4.78, 5) is 24.0. The summed E-state index contributed by atoms with van der Waals surface area (Å²) in [5.74, 6) is 0.202. The van der Waals surface area contributed by atoms with Gasteiger partial charge in [0.05, 0.1) is 5.41 Å². The van der Waals surface area contributed by atoms with Crippen LogP contribution in [0.5, 0.6) is 11.5 Å². The van der Waals surface area contributed by atoms with E-state index in [1.807, 2.05) is 13.0 Å². The fourth-order valence-electron chi connectivity index (χ4n) is 5.27. The number of ether oxygens (including phenoxy) is 2. The number of benzene rings is 1. The quantitative estimate of drug-likeness (QED) is 0.795. The number of rotatable bonds is 2. The molecule has 1 spiro atoms. The predicted molar refractivity (Wildman–Crippen MR) is 84.7 cm³/mol. The summed E-state index contributed by atoms with van der Waals surface area (Å²) in [6, 6.07) is 5.02. The molecule has 3 aliphatic rings. The van der Waals surface area contributed by atoms with Crippen LogP contribution in [0.15, 0.2) is 18.2 Å². The highest BCUT2D eigenvalue weighted by atomic mass is 16.6. The Bertz CT molecular complexity index is 719. The maximum Gasteiger partial charge on any atom is 0.293 e. The normalized spacial score (nSPS) is 40.1. The molecule has 0 amide bonds. The zero-order valence-corrected chi connectivity index (χ0v) is 13.5. The van der Waals surface area contributed by atoms with Crippen molar-refractivity contribution in [2.45, 2.75) is 55.8 Å². The smallest absolute Gasteiger partial charge is 0.293 e. The van der Waals surface area contributed by atoms with Gasteiger partial charge in [-0.25, -0.2) is 0 Å². The molecule has 3 N–H and O–H groups in total. The first kappa shape index (κ1) is 15.4.